The van der Waals surface area contributed by atoms with Gasteiger partial charge in [-0.2, -0.15) is 0 Å². The van der Waals surface area contributed by atoms with Gasteiger partial charge in [0.15, 0.2) is 12.6 Å². The van der Waals surface area contributed by atoms with Crippen LogP contribution >= 0.6 is 0 Å². The molecule has 0 aromatic heterocycles. The van der Waals surface area contributed by atoms with Gasteiger partial charge in [-0.15, -0.1) is 0 Å². The van der Waals surface area contributed by atoms with E-state index in [1.807, 2.05) is 7.05 Å². The third-order valence-corrected chi connectivity index (χ3v) is 7.92. The van der Waals surface area contributed by atoms with Crippen molar-refractivity contribution in [1.29, 1.82) is 0 Å². The van der Waals surface area contributed by atoms with Crippen LogP contribution in [-0.4, -0.2) is 75.5 Å². The van der Waals surface area contributed by atoms with E-state index in [4.69, 9.17) is 23.7 Å². The van der Waals surface area contributed by atoms with Gasteiger partial charge in [0.1, 0.15) is 6.10 Å². The minimum absolute atomic E-state index is 0.0200. The molecule has 2 aliphatic heterocycles. The van der Waals surface area contributed by atoms with Crippen molar-refractivity contribution < 1.29 is 28.8 Å². The number of nitrogens with one attached hydrogen (secondary N) is 1. The lowest BCUT2D eigenvalue weighted by atomic mass is 9.85. The number of hydrogen-bond acceptors (Lipinski definition) is 7. The van der Waals surface area contributed by atoms with Gasteiger partial charge in [-0.1, -0.05) is 57.5 Å². The average Bonchev–Trinajstić information content (AvgIpc) is 2.86. The van der Waals surface area contributed by atoms with Crippen LogP contribution in [0.25, 0.3) is 0 Å². The molecule has 0 spiro atoms. The summed E-state index contributed by atoms with van der Waals surface area (Å²) < 4.78 is 30.9. The van der Waals surface area contributed by atoms with Gasteiger partial charge in [-0.3, -0.25) is 0 Å². The van der Waals surface area contributed by atoms with E-state index in [-0.39, 0.29) is 48.7 Å². The number of methoxy groups -OCH3 is 1. The maximum atomic E-state index is 10.1. The van der Waals surface area contributed by atoms with E-state index in [1.54, 1.807) is 7.11 Å². The molecule has 10 atom stereocenters. The summed E-state index contributed by atoms with van der Waals surface area (Å²) in [5, 5.41) is 13.5. The molecule has 200 valence electrons. The highest BCUT2D eigenvalue weighted by Gasteiger charge is 2.48. The Morgan fingerprint density at radius 2 is 1.63 bits per heavy atom. The number of hydrogen-bond donors (Lipinski definition) is 2. The van der Waals surface area contributed by atoms with E-state index in [9.17, 15) is 5.11 Å². The molecule has 2 fully saturated rings. The molecule has 0 saturated carbocycles. The molecule has 2 heterocycles. The lowest BCUT2D eigenvalue weighted by Gasteiger charge is -2.49. The van der Waals surface area contributed by atoms with Gasteiger partial charge in [0, 0.05) is 31.5 Å². The quantitative estimate of drug-likeness (QED) is 0.429. The fourth-order valence-electron chi connectivity index (χ4n) is 5.58. The summed E-state index contributed by atoms with van der Waals surface area (Å²) in [6.07, 6.45) is 2.71. The molecule has 0 bridgehead atoms. The van der Waals surface area contributed by atoms with Crippen LogP contribution in [0.3, 0.4) is 0 Å². The molecular weight excluding hydrogens is 446 g/mol. The number of unbranched alkanes of at least 4 members (excludes halogenated alkanes) is 2. The van der Waals surface area contributed by atoms with Crippen LogP contribution in [0.15, 0.2) is 30.3 Å². The molecule has 2 aliphatic rings. The fourth-order valence-corrected chi connectivity index (χ4v) is 5.58. The zero-order valence-corrected chi connectivity index (χ0v) is 22.4. The van der Waals surface area contributed by atoms with Crippen molar-refractivity contribution in [2.24, 2.45) is 17.8 Å². The fraction of sp³-hybridized carbons (Fsp3) is 0.786. The van der Waals surface area contributed by atoms with Crippen LogP contribution in [0.5, 0.6) is 0 Å². The number of ether oxygens (including phenoxy) is 5. The standard InChI is InChI=1S/C28H47NO6/c1-18-21(4)33-27(20(3)25(18)31-6)35-26-19(2)24(29-5)28(34-23(26)17-30)32-16-12-8-11-15-22-13-9-7-10-14-22/h7,9-10,13-14,18-21,23-30H,8,11-12,15-17H2,1-6H3/t18-,19-,20+,21?,23?,24?,25?,26+,27+,28-/m1/s1. The molecule has 0 amide bonds. The average molecular weight is 494 g/mol. The van der Waals surface area contributed by atoms with Crippen molar-refractivity contribution in [1.82, 2.24) is 5.32 Å². The number of aliphatic hydroxyl groups is 1. The van der Waals surface area contributed by atoms with Gasteiger partial charge in [-0.25, -0.2) is 0 Å². The van der Waals surface area contributed by atoms with E-state index >= 15 is 0 Å². The third kappa shape index (κ3) is 7.25. The van der Waals surface area contributed by atoms with Crippen LogP contribution in [0.4, 0.5) is 0 Å². The number of likely N-dealkylation sites (N-methyl/N-ethyl adjacent to an activating group) is 1. The normalized spacial score (nSPS) is 37.9. The van der Waals surface area contributed by atoms with Crippen molar-refractivity contribution >= 4 is 0 Å². The maximum Gasteiger partial charge on any atom is 0.173 e. The molecular formula is C28H47NO6. The number of aliphatic hydroxyl groups excluding tert-OH is 1. The lowest BCUT2D eigenvalue weighted by Crippen LogP contribution is -2.62. The summed E-state index contributed by atoms with van der Waals surface area (Å²) in [7, 11) is 3.66. The molecule has 2 saturated heterocycles. The SMILES string of the molecule is CNC1[C@H](OCCCCCc2ccccc2)OC(CO)[C@@H](O[C@@H]2OC(C)[C@@H](C)C(OC)[C@@H]2C)[C@@H]1C. The molecule has 7 nitrogen and oxygen atoms in total. The topological polar surface area (TPSA) is 78.4 Å². The Bertz CT molecular complexity index is 721. The Hall–Kier alpha value is -1.06. The summed E-state index contributed by atoms with van der Waals surface area (Å²) in [6.45, 7) is 8.92. The molecule has 35 heavy (non-hydrogen) atoms. The molecule has 0 radical (unpaired) electrons. The van der Waals surface area contributed by atoms with Crippen LogP contribution in [-0.2, 0) is 30.1 Å². The van der Waals surface area contributed by atoms with Crippen molar-refractivity contribution in [2.45, 2.75) is 96.4 Å². The predicted molar refractivity (Wildman–Crippen MR) is 136 cm³/mol. The van der Waals surface area contributed by atoms with Crippen molar-refractivity contribution in [2.75, 3.05) is 27.4 Å². The predicted octanol–water partition coefficient (Wildman–Crippen LogP) is 3.77. The smallest absolute Gasteiger partial charge is 0.173 e. The summed E-state index contributed by atoms with van der Waals surface area (Å²) in [4.78, 5) is 0. The monoisotopic (exact) mass is 493 g/mol. The van der Waals surface area contributed by atoms with Crippen LogP contribution in [0.2, 0.25) is 0 Å². The molecule has 7 heteroatoms. The highest BCUT2D eigenvalue weighted by atomic mass is 16.7. The minimum atomic E-state index is -0.482. The second-order valence-electron chi connectivity index (χ2n) is 10.3. The van der Waals surface area contributed by atoms with Crippen molar-refractivity contribution in [3.05, 3.63) is 35.9 Å². The second-order valence-corrected chi connectivity index (χ2v) is 10.3. The summed E-state index contributed by atoms with van der Waals surface area (Å²) in [6, 6.07) is 10.5. The van der Waals surface area contributed by atoms with Gasteiger partial charge >= 0.3 is 0 Å². The van der Waals surface area contributed by atoms with Crippen molar-refractivity contribution in [3.63, 3.8) is 0 Å². The lowest BCUT2D eigenvalue weighted by molar-refractivity contribution is -0.324. The molecule has 4 unspecified atom stereocenters. The van der Waals surface area contributed by atoms with E-state index in [1.165, 1.54) is 5.56 Å². The molecule has 3 rings (SSSR count). The number of aryl methyl sites for hydroxylation is 1. The zero-order valence-electron chi connectivity index (χ0n) is 22.4. The molecule has 1 aromatic rings. The van der Waals surface area contributed by atoms with E-state index in [0.717, 1.165) is 25.7 Å². The third-order valence-electron chi connectivity index (χ3n) is 7.92. The first kappa shape index (κ1) is 28.5. The maximum absolute atomic E-state index is 10.1. The van der Waals surface area contributed by atoms with Gasteiger partial charge < -0.3 is 34.1 Å². The molecule has 0 aliphatic carbocycles. The van der Waals surface area contributed by atoms with Crippen molar-refractivity contribution in [3.8, 4) is 0 Å². The minimum Gasteiger partial charge on any atom is -0.394 e. The highest BCUT2D eigenvalue weighted by Crippen LogP contribution is 2.36. The second kappa shape index (κ2) is 14.0. The summed E-state index contributed by atoms with van der Waals surface area (Å²) in [5.41, 5.74) is 1.38. The van der Waals surface area contributed by atoms with Gasteiger partial charge in [0.2, 0.25) is 0 Å². The van der Waals surface area contributed by atoms with E-state index < -0.39 is 18.7 Å². The first-order valence-corrected chi connectivity index (χ1v) is 13.3. The Morgan fingerprint density at radius 1 is 0.886 bits per heavy atom. The Balaban J connectivity index is 1.52. The summed E-state index contributed by atoms with van der Waals surface area (Å²) in [5.74, 6) is 0.398. The van der Waals surface area contributed by atoms with E-state index in [2.05, 4.69) is 63.3 Å². The Morgan fingerprint density at radius 3 is 2.29 bits per heavy atom. The Labute approximate surface area is 211 Å². The van der Waals surface area contributed by atoms with Crippen LogP contribution in [0.1, 0.15) is 52.5 Å². The molecule has 2 N–H and O–H groups in total. The number of rotatable bonds is 12. The van der Waals surface area contributed by atoms with Gasteiger partial charge in [0.25, 0.3) is 0 Å². The first-order valence-electron chi connectivity index (χ1n) is 13.3. The van der Waals surface area contributed by atoms with E-state index in [0.29, 0.717) is 6.61 Å². The number of benzene rings is 1. The largest absolute Gasteiger partial charge is 0.394 e. The zero-order chi connectivity index (χ0) is 25.4. The first-order chi connectivity index (χ1) is 16.9. The van der Waals surface area contributed by atoms with Gasteiger partial charge in [-0.05, 0) is 38.8 Å². The molecule has 1 aromatic carbocycles. The highest BCUT2D eigenvalue weighted by molar-refractivity contribution is 5.14. The Kier molecular flexibility index (Phi) is 11.4. The summed E-state index contributed by atoms with van der Waals surface area (Å²) >= 11 is 0. The van der Waals surface area contributed by atoms with Gasteiger partial charge in [0.05, 0.1) is 31.0 Å². The van der Waals surface area contributed by atoms with Crippen LogP contribution in [0, 0.1) is 17.8 Å². The van der Waals surface area contributed by atoms with Crippen LogP contribution < -0.4 is 5.32 Å².